The molecule has 0 saturated heterocycles. The molecule has 1 aliphatic rings. The number of rotatable bonds is 7. The van der Waals surface area contributed by atoms with E-state index in [-0.39, 0.29) is 11.9 Å². The summed E-state index contributed by atoms with van der Waals surface area (Å²) in [5, 5.41) is 12.7. The van der Waals surface area contributed by atoms with Crippen molar-refractivity contribution in [1.29, 1.82) is 0 Å². The minimum atomic E-state index is -0.0446. The van der Waals surface area contributed by atoms with E-state index in [9.17, 15) is 5.11 Å². The number of nitrogens with one attached hydrogen (secondary N) is 1. The summed E-state index contributed by atoms with van der Waals surface area (Å²) in [6.07, 6.45) is 0.837. The molecule has 0 amide bonds. The molecule has 0 spiro atoms. The van der Waals surface area contributed by atoms with Crippen LogP contribution in [0.5, 0.6) is 23.0 Å². The maximum atomic E-state index is 9.41. The van der Waals surface area contributed by atoms with Crippen LogP contribution in [0.4, 0.5) is 5.69 Å². The molecule has 4 N–H and O–H groups in total. The van der Waals surface area contributed by atoms with Gasteiger partial charge in [-0.2, -0.15) is 0 Å². The summed E-state index contributed by atoms with van der Waals surface area (Å²) < 4.78 is 17.1. The zero-order chi connectivity index (χ0) is 16.8. The smallest absolute Gasteiger partial charge is 0.165 e. The van der Waals surface area contributed by atoms with Crippen LogP contribution in [-0.4, -0.2) is 37.5 Å². The number of benzene rings is 2. The fourth-order valence-corrected chi connectivity index (χ4v) is 2.46. The fraction of sp³-hybridized carbons (Fsp3) is 0.333. The van der Waals surface area contributed by atoms with E-state index in [4.69, 9.17) is 19.9 Å². The summed E-state index contributed by atoms with van der Waals surface area (Å²) in [5.41, 5.74) is 6.41. The van der Waals surface area contributed by atoms with Gasteiger partial charge in [0.2, 0.25) is 0 Å². The molecule has 1 aliphatic heterocycles. The lowest BCUT2D eigenvalue weighted by molar-refractivity contribution is 0.0899. The number of hydrogen-bond acceptors (Lipinski definition) is 6. The molecule has 1 unspecified atom stereocenters. The summed E-state index contributed by atoms with van der Waals surface area (Å²) in [4.78, 5) is 0. The van der Waals surface area contributed by atoms with E-state index in [0.29, 0.717) is 36.9 Å². The van der Waals surface area contributed by atoms with E-state index in [1.54, 1.807) is 18.2 Å². The van der Waals surface area contributed by atoms with Gasteiger partial charge in [-0.3, -0.25) is 0 Å². The molecule has 1 heterocycles. The zero-order valence-corrected chi connectivity index (χ0v) is 13.4. The van der Waals surface area contributed by atoms with Crippen molar-refractivity contribution in [2.45, 2.75) is 12.5 Å². The van der Waals surface area contributed by atoms with Crippen molar-refractivity contribution >= 4 is 5.69 Å². The van der Waals surface area contributed by atoms with E-state index in [1.165, 1.54) is 0 Å². The lowest BCUT2D eigenvalue weighted by Crippen LogP contribution is -2.39. The normalized spacial score (nSPS) is 15.9. The molecule has 6 nitrogen and oxygen atoms in total. The van der Waals surface area contributed by atoms with Gasteiger partial charge in [0.1, 0.15) is 24.2 Å². The van der Waals surface area contributed by atoms with Crippen LogP contribution >= 0.6 is 0 Å². The van der Waals surface area contributed by atoms with Crippen LogP contribution in [0.3, 0.4) is 0 Å². The van der Waals surface area contributed by atoms with Crippen LogP contribution in [0.2, 0.25) is 0 Å². The molecule has 6 heteroatoms. The number of nitrogens with two attached hydrogens (primary N) is 1. The largest absolute Gasteiger partial charge is 0.508 e. The topological polar surface area (TPSA) is 86.0 Å². The minimum absolute atomic E-state index is 0.0446. The number of aromatic hydroxyl groups is 1. The second kappa shape index (κ2) is 7.79. The Morgan fingerprint density at radius 1 is 1.21 bits per heavy atom. The van der Waals surface area contributed by atoms with E-state index in [1.807, 2.05) is 24.3 Å². The van der Waals surface area contributed by atoms with E-state index in [0.717, 1.165) is 18.7 Å². The van der Waals surface area contributed by atoms with Crippen molar-refractivity contribution < 1.29 is 19.3 Å². The zero-order valence-electron chi connectivity index (χ0n) is 13.4. The van der Waals surface area contributed by atoms with Crippen LogP contribution < -0.4 is 25.3 Å². The molecule has 0 aromatic heterocycles. The van der Waals surface area contributed by atoms with Gasteiger partial charge in [-0.25, -0.2) is 0 Å². The average molecular weight is 330 g/mol. The third-order valence-corrected chi connectivity index (χ3v) is 3.64. The first-order valence-corrected chi connectivity index (χ1v) is 8.02. The Balaban J connectivity index is 1.32. The molecule has 2 aromatic rings. The van der Waals surface area contributed by atoms with Crippen LogP contribution in [0.1, 0.15) is 6.42 Å². The van der Waals surface area contributed by atoms with Crippen molar-refractivity contribution in [3.63, 3.8) is 0 Å². The van der Waals surface area contributed by atoms with Gasteiger partial charge in [0.05, 0.1) is 6.61 Å². The maximum Gasteiger partial charge on any atom is 0.165 e. The van der Waals surface area contributed by atoms with E-state index >= 15 is 0 Å². The highest BCUT2D eigenvalue weighted by atomic mass is 16.6. The molecule has 128 valence electrons. The molecular formula is C18H22N2O4. The van der Waals surface area contributed by atoms with Gasteiger partial charge in [-0.15, -0.1) is 0 Å². The van der Waals surface area contributed by atoms with Gasteiger partial charge in [0.25, 0.3) is 0 Å². The molecule has 3 rings (SSSR count). The number of anilines is 1. The number of phenolic OH excluding ortho intramolecular Hbond substituents is 1. The van der Waals surface area contributed by atoms with Gasteiger partial charge in [-0.1, -0.05) is 6.07 Å². The van der Waals surface area contributed by atoms with Gasteiger partial charge in [0.15, 0.2) is 11.5 Å². The molecule has 0 fully saturated rings. The number of nitrogen functional groups attached to an aromatic ring is 1. The number of phenols is 1. The summed E-state index contributed by atoms with van der Waals surface area (Å²) in [5.74, 6) is 2.21. The van der Waals surface area contributed by atoms with Crippen LogP contribution in [0.15, 0.2) is 42.5 Å². The lowest BCUT2D eigenvalue weighted by atomic mass is 10.2. The summed E-state index contributed by atoms with van der Waals surface area (Å²) >= 11 is 0. The van der Waals surface area contributed by atoms with Crippen LogP contribution in [0, 0.1) is 0 Å². The minimum Gasteiger partial charge on any atom is -0.508 e. The highest BCUT2D eigenvalue weighted by molar-refractivity contribution is 5.46. The third kappa shape index (κ3) is 4.45. The van der Waals surface area contributed by atoms with Crippen LogP contribution in [-0.2, 0) is 0 Å². The molecule has 24 heavy (non-hydrogen) atoms. The van der Waals surface area contributed by atoms with Crippen molar-refractivity contribution in [2.24, 2.45) is 0 Å². The van der Waals surface area contributed by atoms with Gasteiger partial charge in [-0.05, 0) is 37.2 Å². The number of fused-ring (bicyclic) bond motifs is 1. The Kier molecular flexibility index (Phi) is 5.28. The summed E-state index contributed by atoms with van der Waals surface area (Å²) in [6, 6.07) is 12.3. The predicted molar refractivity (Wildman–Crippen MR) is 91.9 cm³/mol. The summed E-state index contributed by atoms with van der Waals surface area (Å²) in [6.45, 7) is 2.60. The van der Waals surface area contributed by atoms with E-state index < -0.39 is 0 Å². The second-order valence-electron chi connectivity index (χ2n) is 5.66. The average Bonchev–Trinajstić information content (AvgIpc) is 2.58. The first-order valence-electron chi connectivity index (χ1n) is 8.02. The quantitative estimate of drug-likeness (QED) is 0.533. The molecule has 1 atom stereocenters. The Labute approximate surface area is 141 Å². The fourth-order valence-electron chi connectivity index (χ4n) is 2.46. The Hall–Kier alpha value is -2.60. The van der Waals surface area contributed by atoms with Crippen molar-refractivity contribution in [3.8, 4) is 23.0 Å². The monoisotopic (exact) mass is 330 g/mol. The lowest BCUT2D eigenvalue weighted by Gasteiger charge is -2.26. The predicted octanol–water partition coefficient (Wildman–Crippen LogP) is 2.17. The Morgan fingerprint density at radius 2 is 2.12 bits per heavy atom. The van der Waals surface area contributed by atoms with Gasteiger partial charge in [0, 0.05) is 24.4 Å². The first kappa shape index (κ1) is 16.3. The Morgan fingerprint density at radius 3 is 3.00 bits per heavy atom. The third-order valence-electron chi connectivity index (χ3n) is 3.64. The maximum absolute atomic E-state index is 9.41. The Bertz CT molecular complexity index is 678. The van der Waals surface area contributed by atoms with Crippen molar-refractivity contribution in [3.05, 3.63) is 42.5 Å². The van der Waals surface area contributed by atoms with Crippen LogP contribution in [0.25, 0.3) is 0 Å². The second-order valence-corrected chi connectivity index (χ2v) is 5.66. The number of ether oxygens (including phenoxy) is 3. The molecule has 0 radical (unpaired) electrons. The molecule has 0 saturated carbocycles. The standard InChI is InChI=1S/C18H22N2O4/c19-13-3-1-4-15(9-13)22-8-2-7-20-11-16-12-23-18-10-14(21)5-6-17(18)24-16/h1,3-6,9-10,16,20-21H,2,7-8,11-12,19H2. The molecule has 0 aliphatic carbocycles. The highest BCUT2D eigenvalue weighted by Crippen LogP contribution is 2.34. The highest BCUT2D eigenvalue weighted by Gasteiger charge is 2.20. The SMILES string of the molecule is Nc1cccc(OCCCNCC2COc3cc(O)ccc3O2)c1. The van der Waals surface area contributed by atoms with Crippen molar-refractivity contribution in [1.82, 2.24) is 5.32 Å². The van der Waals surface area contributed by atoms with Crippen molar-refractivity contribution in [2.75, 3.05) is 32.0 Å². The molecule has 0 bridgehead atoms. The van der Waals surface area contributed by atoms with E-state index in [2.05, 4.69) is 5.32 Å². The molecule has 2 aromatic carbocycles. The number of hydrogen-bond donors (Lipinski definition) is 3. The first-order chi connectivity index (χ1) is 11.7. The molecular weight excluding hydrogens is 308 g/mol. The van der Waals surface area contributed by atoms with Gasteiger partial charge < -0.3 is 30.4 Å². The summed E-state index contributed by atoms with van der Waals surface area (Å²) in [7, 11) is 0. The van der Waals surface area contributed by atoms with Gasteiger partial charge >= 0.3 is 0 Å².